The van der Waals surface area contributed by atoms with Crippen molar-refractivity contribution in [2.45, 2.75) is 104 Å². The summed E-state index contributed by atoms with van der Waals surface area (Å²) in [5.41, 5.74) is 0. The summed E-state index contributed by atoms with van der Waals surface area (Å²) in [6, 6.07) is 0. The lowest BCUT2D eigenvalue weighted by Gasteiger charge is -2.11. The Morgan fingerprint density at radius 1 is 0.750 bits per heavy atom. The van der Waals surface area contributed by atoms with Gasteiger partial charge in [-0.05, 0) is 44.9 Å². The average Bonchev–Trinajstić information content (AvgIpc) is 2.57. The van der Waals surface area contributed by atoms with Gasteiger partial charge in [-0.25, -0.2) is 0 Å². The van der Waals surface area contributed by atoms with Crippen LogP contribution in [0.1, 0.15) is 104 Å². The first-order valence-electron chi connectivity index (χ1n) is 10.2. The van der Waals surface area contributed by atoms with Crippen LogP contribution in [0.2, 0.25) is 0 Å². The van der Waals surface area contributed by atoms with Crippen LogP contribution in [0, 0.1) is 5.92 Å². The molecule has 0 rings (SSSR count). The van der Waals surface area contributed by atoms with E-state index in [1.165, 1.54) is 44.9 Å². The van der Waals surface area contributed by atoms with Crippen LogP contribution < -0.4 is 0 Å². The zero-order valence-electron chi connectivity index (χ0n) is 16.1. The summed E-state index contributed by atoms with van der Waals surface area (Å²) >= 11 is 0. The van der Waals surface area contributed by atoms with E-state index in [-0.39, 0.29) is 5.92 Å². The van der Waals surface area contributed by atoms with Crippen LogP contribution in [0.15, 0.2) is 24.3 Å². The lowest BCUT2D eigenvalue weighted by Crippen LogP contribution is -2.13. The van der Waals surface area contributed by atoms with Crippen molar-refractivity contribution in [1.29, 1.82) is 0 Å². The highest BCUT2D eigenvalue weighted by atomic mass is 16.4. The zero-order chi connectivity index (χ0) is 17.9. The highest BCUT2D eigenvalue weighted by Gasteiger charge is 2.15. The molecule has 1 atom stereocenters. The van der Waals surface area contributed by atoms with Gasteiger partial charge >= 0.3 is 5.97 Å². The van der Waals surface area contributed by atoms with Gasteiger partial charge in [0.15, 0.2) is 0 Å². The molecule has 0 heterocycles. The third-order valence-corrected chi connectivity index (χ3v) is 4.51. The predicted molar refractivity (Wildman–Crippen MR) is 105 cm³/mol. The van der Waals surface area contributed by atoms with Gasteiger partial charge in [-0.3, -0.25) is 4.79 Å². The smallest absolute Gasteiger partial charge is 0.306 e. The predicted octanol–water partition coefficient (Wildman–Crippen LogP) is 7.30. The van der Waals surface area contributed by atoms with Crippen LogP contribution in [0.5, 0.6) is 0 Å². The maximum Gasteiger partial charge on any atom is 0.306 e. The van der Waals surface area contributed by atoms with Crippen molar-refractivity contribution in [2.75, 3.05) is 0 Å². The van der Waals surface area contributed by atoms with Crippen LogP contribution in [-0.2, 0) is 4.79 Å². The lowest BCUT2D eigenvalue weighted by molar-refractivity contribution is -0.142. The Hall–Kier alpha value is -1.05. The molecule has 0 bridgehead atoms. The van der Waals surface area contributed by atoms with Crippen LogP contribution in [-0.4, -0.2) is 11.1 Å². The molecule has 140 valence electrons. The molecule has 24 heavy (non-hydrogen) atoms. The second kappa shape index (κ2) is 18.3. The number of allylic oxidation sites excluding steroid dienone is 4. The molecule has 0 saturated heterocycles. The Morgan fingerprint density at radius 2 is 1.29 bits per heavy atom. The van der Waals surface area contributed by atoms with Gasteiger partial charge in [0, 0.05) is 0 Å². The van der Waals surface area contributed by atoms with Gasteiger partial charge in [0.25, 0.3) is 0 Å². The van der Waals surface area contributed by atoms with Crippen molar-refractivity contribution in [3.8, 4) is 0 Å². The van der Waals surface area contributed by atoms with E-state index in [9.17, 15) is 9.90 Å². The molecular weight excluding hydrogens is 296 g/mol. The van der Waals surface area contributed by atoms with Crippen molar-refractivity contribution >= 4 is 5.97 Å². The summed E-state index contributed by atoms with van der Waals surface area (Å²) in [6.45, 7) is 4.36. The Bertz CT molecular complexity index is 331. The minimum Gasteiger partial charge on any atom is -0.481 e. The molecule has 2 nitrogen and oxygen atoms in total. The van der Waals surface area contributed by atoms with E-state index >= 15 is 0 Å². The van der Waals surface area contributed by atoms with E-state index < -0.39 is 5.97 Å². The molecule has 0 aliphatic heterocycles. The summed E-state index contributed by atoms with van der Waals surface area (Å²) in [5.74, 6) is -0.719. The first-order valence-corrected chi connectivity index (χ1v) is 10.2. The number of rotatable bonds is 17. The third kappa shape index (κ3) is 15.8. The van der Waals surface area contributed by atoms with Crippen molar-refractivity contribution in [2.24, 2.45) is 5.92 Å². The molecule has 2 heteroatoms. The third-order valence-electron chi connectivity index (χ3n) is 4.51. The summed E-state index contributed by atoms with van der Waals surface area (Å²) in [7, 11) is 0. The molecule has 1 N–H and O–H groups in total. The molecule has 0 spiro atoms. The summed E-state index contributed by atoms with van der Waals surface area (Å²) in [6.07, 6.45) is 25.0. The van der Waals surface area contributed by atoms with Gasteiger partial charge in [-0.2, -0.15) is 0 Å². The van der Waals surface area contributed by atoms with Crippen LogP contribution >= 0.6 is 0 Å². The SMILES string of the molecule is CCCCC/C=C\C/C=C\CCCCCCC(CCCC)C(=O)O. The van der Waals surface area contributed by atoms with Crippen LogP contribution in [0.4, 0.5) is 0 Å². The second-order valence-electron chi connectivity index (χ2n) is 6.84. The fourth-order valence-electron chi connectivity index (χ4n) is 2.87. The number of aliphatic carboxylic acids is 1. The molecule has 0 saturated carbocycles. The normalized spacial score (nSPS) is 13.1. The summed E-state index contributed by atoms with van der Waals surface area (Å²) in [5, 5.41) is 9.19. The molecule has 0 aliphatic rings. The van der Waals surface area contributed by atoms with Crippen molar-refractivity contribution in [3.05, 3.63) is 24.3 Å². The van der Waals surface area contributed by atoms with E-state index in [1.54, 1.807) is 0 Å². The molecule has 1 unspecified atom stereocenters. The number of carboxylic acid groups (broad SMARTS) is 1. The van der Waals surface area contributed by atoms with Crippen LogP contribution in [0.25, 0.3) is 0 Å². The second-order valence-corrected chi connectivity index (χ2v) is 6.84. The molecule has 0 aliphatic carbocycles. The number of carbonyl (C=O) groups is 1. The van der Waals surface area contributed by atoms with Crippen molar-refractivity contribution in [3.63, 3.8) is 0 Å². The monoisotopic (exact) mass is 336 g/mol. The maximum atomic E-state index is 11.2. The van der Waals surface area contributed by atoms with E-state index in [0.717, 1.165) is 44.9 Å². The minimum absolute atomic E-state index is 0.117. The van der Waals surface area contributed by atoms with Gasteiger partial charge < -0.3 is 5.11 Å². The fraction of sp³-hybridized carbons (Fsp3) is 0.773. The highest BCUT2D eigenvalue weighted by Crippen LogP contribution is 2.17. The minimum atomic E-state index is -0.603. The number of unbranched alkanes of at least 4 members (excludes halogenated alkanes) is 8. The molecule has 0 aromatic heterocycles. The number of hydrogen-bond donors (Lipinski definition) is 1. The van der Waals surface area contributed by atoms with Crippen molar-refractivity contribution in [1.82, 2.24) is 0 Å². The quantitative estimate of drug-likeness (QED) is 0.223. The molecular formula is C22H40O2. The van der Waals surface area contributed by atoms with E-state index in [2.05, 4.69) is 38.2 Å². The fourth-order valence-corrected chi connectivity index (χ4v) is 2.87. The number of carboxylic acids is 1. The number of hydrogen-bond acceptors (Lipinski definition) is 1. The zero-order valence-corrected chi connectivity index (χ0v) is 16.1. The molecule has 0 fully saturated rings. The summed E-state index contributed by atoms with van der Waals surface area (Å²) in [4.78, 5) is 11.2. The Kier molecular flexibility index (Phi) is 17.5. The largest absolute Gasteiger partial charge is 0.481 e. The highest BCUT2D eigenvalue weighted by molar-refractivity contribution is 5.69. The van der Waals surface area contributed by atoms with Gasteiger partial charge in [0.2, 0.25) is 0 Å². The van der Waals surface area contributed by atoms with Gasteiger partial charge in [0.05, 0.1) is 5.92 Å². The van der Waals surface area contributed by atoms with Gasteiger partial charge in [0.1, 0.15) is 0 Å². The lowest BCUT2D eigenvalue weighted by atomic mass is 9.95. The van der Waals surface area contributed by atoms with E-state index in [0.29, 0.717) is 0 Å². The molecule has 0 aromatic rings. The molecule has 0 radical (unpaired) electrons. The van der Waals surface area contributed by atoms with E-state index in [1.807, 2.05) is 0 Å². The molecule has 0 aromatic carbocycles. The Labute approximate surface area is 150 Å². The van der Waals surface area contributed by atoms with Crippen LogP contribution in [0.3, 0.4) is 0 Å². The maximum absolute atomic E-state index is 11.2. The summed E-state index contributed by atoms with van der Waals surface area (Å²) < 4.78 is 0. The van der Waals surface area contributed by atoms with Gasteiger partial charge in [-0.1, -0.05) is 83.1 Å². The average molecular weight is 337 g/mol. The first kappa shape index (κ1) is 22.9. The Morgan fingerprint density at radius 3 is 1.88 bits per heavy atom. The topological polar surface area (TPSA) is 37.3 Å². The van der Waals surface area contributed by atoms with E-state index in [4.69, 9.17) is 0 Å². The molecule has 0 amide bonds. The standard InChI is InChI=1S/C22H40O2/c1-3-5-7-8-9-10-11-12-13-14-15-16-17-18-20-21(22(23)24)19-6-4-2/h9-10,12-13,21H,3-8,11,14-20H2,1-2H3,(H,23,24)/b10-9-,13-12-. The Balaban J connectivity index is 3.46. The van der Waals surface area contributed by atoms with Crippen molar-refractivity contribution < 1.29 is 9.90 Å². The first-order chi connectivity index (χ1) is 11.7. The van der Waals surface area contributed by atoms with Gasteiger partial charge in [-0.15, -0.1) is 0 Å².